The zero-order valence-electron chi connectivity index (χ0n) is 18.7. The molecule has 0 aromatic heterocycles. The van der Waals surface area contributed by atoms with Crippen LogP contribution in [-0.2, 0) is 14.4 Å². The lowest BCUT2D eigenvalue weighted by molar-refractivity contribution is -0.118. The van der Waals surface area contributed by atoms with Crippen molar-refractivity contribution in [1.82, 2.24) is 5.43 Å². The molecule has 3 aromatic rings. The second kappa shape index (κ2) is 9.91. The first kappa shape index (κ1) is 22.6. The number of hydrazine groups is 1. The minimum absolute atomic E-state index is 0.0638. The van der Waals surface area contributed by atoms with Gasteiger partial charge in [-0.3, -0.25) is 19.8 Å². The molecule has 1 aliphatic heterocycles. The van der Waals surface area contributed by atoms with Crippen LogP contribution in [0.25, 0.3) is 6.08 Å². The number of para-hydroxylation sites is 2. The molecule has 1 aliphatic rings. The van der Waals surface area contributed by atoms with Crippen LogP contribution in [0, 0.1) is 6.92 Å². The first-order valence-corrected chi connectivity index (χ1v) is 10.5. The van der Waals surface area contributed by atoms with Gasteiger partial charge in [0.25, 0.3) is 17.7 Å². The average Bonchev–Trinajstić information content (AvgIpc) is 3.13. The lowest BCUT2D eigenvalue weighted by Gasteiger charge is -2.14. The Hall–Kier alpha value is -4.59. The van der Waals surface area contributed by atoms with Crippen LogP contribution >= 0.6 is 0 Å². The summed E-state index contributed by atoms with van der Waals surface area (Å²) in [6.07, 6.45) is 1.43. The van der Waals surface area contributed by atoms with Gasteiger partial charge in [0.2, 0.25) is 0 Å². The molecule has 0 aliphatic carbocycles. The number of hydrogen-bond donors (Lipinski definition) is 2. The maximum atomic E-state index is 12.9. The fourth-order valence-corrected chi connectivity index (χ4v) is 3.41. The van der Waals surface area contributed by atoms with Crippen molar-refractivity contribution < 1.29 is 23.9 Å². The Morgan fingerprint density at radius 2 is 1.74 bits per heavy atom. The van der Waals surface area contributed by atoms with Gasteiger partial charge in [-0.05, 0) is 43.3 Å². The van der Waals surface area contributed by atoms with E-state index in [0.717, 1.165) is 5.56 Å². The molecule has 1 fully saturated rings. The third-order valence-corrected chi connectivity index (χ3v) is 5.12. The van der Waals surface area contributed by atoms with E-state index in [2.05, 4.69) is 10.7 Å². The van der Waals surface area contributed by atoms with Crippen molar-refractivity contribution in [3.05, 3.63) is 89.5 Å². The molecule has 172 valence electrons. The van der Waals surface area contributed by atoms with Crippen LogP contribution in [-0.4, -0.2) is 31.4 Å². The summed E-state index contributed by atoms with van der Waals surface area (Å²) in [6.45, 7) is 1.67. The van der Waals surface area contributed by atoms with Gasteiger partial charge in [-0.25, -0.2) is 5.01 Å². The lowest BCUT2D eigenvalue weighted by atomic mass is 10.1. The van der Waals surface area contributed by atoms with Gasteiger partial charge in [0.15, 0.2) is 18.1 Å². The first-order chi connectivity index (χ1) is 16.5. The van der Waals surface area contributed by atoms with Crippen molar-refractivity contribution in [1.29, 1.82) is 0 Å². The molecular formula is C26H23N3O5. The number of rotatable bonds is 7. The number of nitrogens with one attached hydrogen (secondary N) is 2. The van der Waals surface area contributed by atoms with Gasteiger partial charge in [-0.2, -0.15) is 0 Å². The molecule has 8 heteroatoms. The third kappa shape index (κ3) is 4.91. The number of anilines is 2. The van der Waals surface area contributed by atoms with Crippen molar-refractivity contribution >= 4 is 35.2 Å². The normalized spacial score (nSPS) is 14.2. The number of carbonyl (C=O) groups excluding carboxylic acids is 3. The van der Waals surface area contributed by atoms with Gasteiger partial charge in [0.1, 0.15) is 5.57 Å². The number of methoxy groups -OCH3 is 1. The highest BCUT2D eigenvalue weighted by Crippen LogP contribution is 2.33. The van der Waals surface area contributed by atoms with Crippen molar-refractivity contribution in [3.63, 3.8) is 0 Å². The van der Waals surface area contributed by atoms with Crippen LogP contribution in [0.1, 0.15) is 11.1 Å². The third-order valence-electron chi connectivity index (χ3n) is 5.12. The molecule has 0 unspecified atom stereocenters. The topological polar surface area (TPSA) is 97.0 Å². The number of amides is 3. The fourth-order valence-electron chi connectivity index (χ4n) is 3.41. The highest BCUT2D eigenvalue weighted by Gasteiger charge is 2.34. The maximum absolute atomic E-state index is 12.9. The Morgan fingerprint density at radius 3 is 2.44 bits per heavy atom. The monoisotopic (exact) mass is 457 g/mol. The summed E-state index contributed by atoms with van der Waals surface area (Å²) in [6, 6.07) is 21.2. The molecule has 0 atom stereocenters. The Balaban J connectivity index is 1.55. The lowest BCUT2D eigenvalue weighted by Crippen LogP contribution is -2.35. The van der Waals surface area contributed by atoms with E-state index in [4.69, 9.17) is 9.47 Å². The number of nitrogens with zero attached hydrogens (tertiary/aromatic N) is 1. The molecule has 0 radical (unpaired) electrons. The second-order valence-electron chi connectivity index (χ2n) is 7.56. The van der Waals surface area contributed by atoms with Crippen molar-refractivity contribution in [3.8, 4) is 11.5 Å². The Labute approximate surface area is 196 Å². The standard InChI is InChI=1S/C26H23N3O5/c1-17-11-13-19(14-12-17)27-23(30)16-34-24-18(7-6-10-22(24)33-2)15-21-25(31)28-29(26(21)32)20-8-4-3-5-9-20/h3-15H,16H2,1-2H3,(H,27,30)(H,28,31)/b21-15+. The Bertz CT molecular complexity index is 1250. The van der Waals surface area contributed by atoms with E-state index in [-0.39, 0.29) is 23.8 Å². The predicted octanol–water partition coefficient (Wildman–Crippen LogP) is 3.48. The zero-order valence-corrected chi connectivity index (χ0v) is 18.7. The molecule has 0 bridgehead atoms. The Morgan fingerprint density at radius 1 is 1.00 bits per heavy atom. The van der Waals surface area contributed by atoms with E-state index in [1.54, 1.807) is 54.6 Å². The summed E-state index contributed by atoms with van der Waals surface area (Å²) in [5.41, 5.74) is 5.19. The minimum Gasteiger partial charge on any atom is -0.493 e. The van der Waals surface area contributed by atoms with Crippen LogP contribution in [0.2, 0.25) is 0 Å². The molecule has 3 amide bonds. The van der Waals surface area contributed by atoms with Crippen molar-refractivity contribution in [2.45, 2.75) is 6.92 Å². The summed E-state index contributed by atoms with van der Waals surface area (Å²) in [5, 5.41) is 3.95. The number of hydrogen-bond acceptors (Lipinski definition) is 5. The summed E-state index contributed by atoms with van der Waals surface area (Å²) >= 11 is 0. The summed E-state index contributed by atoms with van der Waals surface area (Å²) in [7, 11) is 1.47. The largest absolute Gasteiger partial charge is 0.493 e. The van der Waals surface area contributed by atoms with Crippen molar-refractivity contribution in [2.75, 3.05) is 24.0 Å². The van der Waals surface area contributed by atoms with Gasteiger partial charge in [-0.15, -0.1) is 0 Å². The van der Waals surface area contributed by atoms with Crippen LogP contribution in [0.5, 0.6) is 11.5 Å². The second-order valence-corrected chi connectivity index (χ2v) is 7.56. The molecule has 8 nitrogen and oxygen atoms in total. The van der Waals surface area contributed by atoms with Gasteiger partial charge in [-0.1, -0.05) is 48.0 Å². The summed E-state index contributed by atoms with van der Waals surface area (Å²) < 4.78 is 11.1. The summed E-state index contributed by atoms with van der Waals surface area (Å²) in [4.78, 5) is 37.9. The molecular weight excluding hydrogens is 434 g/mol. The van der Waals surface area contributed by atoms with E-state index >= 15 is 0 Å². The van der Waals surface area contributed by atoms with E-state index < -0.39 is 11.8 Å². The van der Waals surface area contributed by atoms with Crippen LogP contribution < -0.4 is 25.2 Å². The van der Waals surface area contributed by atoms with Crippen LogP contribution in [0.3, 0.4) is 0 Å². The predicted molar refractivity (Wildman–Crippen MR) is 128 cm³/mol. The zero-order chi connectivity index (χ0) is 24.1. The SMILES string of the molecule is COc1cccc(/C=C2\C(=O)NN(c3ccccc3)C2=O)c1OCC(=O)Nc1ccc(C)cc1. The van der Waals surface area contributed by atoms with E-state index in [9.17, 15) is 14.4 Å². The highest BCUT2D eigenvalue weighted by atomic mass is 16.5. The first-order valence-electron chi connectivity index (χ1n) is 10.5. The minimum atomic E-state index is -0.542. The molecule has 0 saturated carbocycles. The quantitative estimate of drug-likeness (QED) is 0.418. The molecule has 0 spiro atoms. The maximum Gasteiger partial charge on any atom is 0.282 e. The van der Waals surface area contributed by atoms with Crippen LogP contribution in [0.4, 0.5) is 11.4 Å². The van der Waals surface area contributed by atoms with Gasteiger partial charge in [0, 0.05) is 11.3 Å². The van der Waals surface area contributed by atoms with Crippen LogP contribution in [0.15, 0.2) is 78.4 Å². The van der Waals surface area contributed by atoms with E-state index in [1.165, 1.54) is 18.2 Å². The number of ether oxygens (including phenoxy) is 2. The van der Waals surface area contributed by atoms with Gasteiger partial charge >= 0.3 is 0 Å². The average molecular weight is 457 g/mol. The van der Waals surface area contributed by atoms with Gasteiger partial charge < -0.3 is 14.8 Å². The fraction of sp³-hybridized carbons (Fsp3) is 0.115. The number of benzene rings is 3. The summed E-state index contributed by atoms with van der Waals surface area (Å²) in [5.74, 6) is -0.793. The molecule has 34 heavy (non-hydrogen) atoms. The van der Waals surface area contributed by atoms with Gasteiger partial charge in [0.05, 0.1) is 12.8 Å². The van der Waals surface area contributed by atoms with E-state index in [0.29, 0.717) is 22.7 Å². The highest BCUT2D eigenvalue weighted by molar-refractivity contribution is 6.31. The Kier molecular flexibility index (Phi) is 6.59. The molecule has 3 aromatic carbocycles. The molecule has 2 N–H and O–H groups in total. The smallest absolute Gasteiger partial charge is 0.282 e. The molecule has 1 saturated heterocycles. The molecule has 1 heterocycles. The molecule has 4 rings (SSSR count). The number of aryl methyl sites for hydroxylation is 1. The van der Waals surface area contributed by atoms with Crippen molar-refractivity contribution in [2.24, 2.45) is 0 Å². The number of carbonyl (C=O) groups is 3. The van der Waals surface area contributed by atoms with E-state index in [1.807, 2.05) is 25.1 Å².